The van der Waals surface area contributed by atoms with Gasteiger partial charge in [-0.1, -0.05) is 33.8 Å². The second-order valence-electron chi connectivity index (χ2n) is 0.707. The first-order valence-electron chi connectivity index (χ1n) is 1.41. The third-order valence-corrected chi connectivity index (χ3v) is 0. The van der Waals surface area contributed by atoms with Crippen molar-refractivity contribution in [1.82, 2.24) is 0 Å². The molecule has 0 fully saturated rings. The lowest BCUT2D eigenvalue weighted by molar-refractivity contribution is -0.000000958. The number of hydrogen-bond acceptors (Lipinski definition) is 0. The molecule has 5 heavy (non-hydrogen) atoms. The van der Waals surface area contributed by atoms with Crippen molar-refractivity contribution in [2.75, 3.05) is 0 Å². The standard InChI is InChI=1S/C3H8.ClH.H2S/c1-3-2;;/h3H2,1-2H3;1H;1H2. The molecule has 0 aromatic rings. The summed E-state index contributed by atoms with van der Waals surface area (Å²) in [6.45, 7) is 4.25. The largest absolute Gasteiger partial charge is 1.00 e. The molecule has 0 radical (unpaired) electrons. The van der Waals surface area contributed by atoms with Crippen LogP contribution in [0.4, 0.5) is 0 Å². The second-order valence-corrected chi connectivity index (χ2v) is 0.707. The number of halogens is 1. The molecule has 0 unspecified atom stereocenters. The van der Waals surface area contributed by atoms with E-state index in [0.717, 1.165) is 0 Å². The van der Waals surface area contributed by atoms with Gasteiger partial charge in [0.1, 0.15) is 0 Å². The molecule has 0 atom stereocenters. The maximum Gasteiger partial charge on any atom is -0.0576 e. The summed E-state index contributed by atoms with van der Waals surface area (Å²) in [6, 6.07) is 0. The highest BCUT2D eigenvalue weighted by Gasteiger charge is 1.35. The molecular weight excluding hydrogens is 104 g/mol. The van der Waals surface area contributed by atoms with Gasteiger partial charge in [-0.15, -0.1) is 0 Å². The van der Waals surface area contributed by atoms with Gasteiger partial charge in [0.05, 0.1) is 0 Å². The minimum absolute atomic E-state index is 0. The van der Waals surface area contributed by atoms with Crippen molar-refractivity contribution < 1.29 is 12.4 Å². The normalized spacial score (nSPS) is 3.60. The highest BCUT2D eigenvalue weighted by atomic mass is 35.5. The zero-order valence-electron chi connectivity index (χ0n) is 3.66. The third-order valence-electron chi connectivity index (χ3n) is 0. The van der Waals surface area contributed by atoms with E-state index in [0.29, 0.717) is 0 Å². The zero-order valence-corrected chi connectivity index (χ0v) is 5.57. The molecule has 0 aromatic carbocycles. The van der Waals surface area contributed by atoms with Gasteiger partial charge in [-0.25, -0.2) is 0 Å². The molecule has 0 N–H and O–H groups in total. The predicted molar refractivity (Wildman–Crippen MR) is 27.5 cm³/mol. The van der Waals surface area contributed by atoms with Crippen molar-refractivity contribution in [3.8, 4) is 0 Å². The smallest absolute Gasteiger partial charge is 0.0576 e. The summed E-state index contributed by atoms with van der Waals surface area (Å²) in [5, 5.41) is 0. The Labute approximate surface area is 46.8 Å². The van der Waals surface area contributed by atoms with Crippen LogP contribution in [0.15, 0.2) is 0 Å². The zero-order chi connectivity index (χ0) is 2.71. The Balaban J connectivity index is -0.0000000200. The van der Waals surface area contributed by atoms with Gasteiger partial charge in [0.25, 0.3) is 0 Å². The number of rotatable bonds is 0. The molecule has 0 amide bonds. The van der Waals surface area contributed by atoms with Crippen LogP contribution in [0.2, 0.25) is 0 Å². The molecule has 0 heterocycles. The van der Waals surface area contributed by atoms with Gasteiger partial charge < -0.3 is 12.4 Å². The first-order valence-corrected chi connectivity index (χ1v) is 1.41. The lowest BCUT2D eigenvalue weighted by Gasteiger charge is -1.48. The van der Waals surface area contributed by atoms with Crippen LogP contribution >= 0.6 is 0 Å². The third kappa shape index (κ3) is 79.0. The fraction of sp³-hybridized carbons (Fsp3) is 1.00. The Hall–Kier alpha value is 0.640. The van der Waals surface area contributed by atoms with Crippen molar-refractivity contribution >= 4 is 13.5 Å². The Morgan fingerprint density at radius 2 is 1.20 bits per heavy atom. The summed E-state index contributed by atoms with van der Waals surface area (Å²) in [7, 11) is 0. The van der Waals surface area contributed by atoms with E-state index in [1.54, 1.807) is 0 Å². The van der Waals surface area contributed by atoms with E-state index in [2.05, 4.69) is 13.8 Å². The van der Waals surface area contributed by atoms with Crippen molar-refractivity contribution in [1.29, 1.82) is 0 Å². The Morgan fingerprint density at radius 1 is 1.20 bits per heavy atom. The van der Waals surface area contributed by atoms with Crippen molar-refractivity contribution in [3.05, 3.63) is 0 Å². The maximum absolute atomic E-state index is 2.12. The van der Waals surface area contributed by atoms with E-state index < -0.39 is 0 Å². The summed E-state index contributed by atoms with van der Waals surface area (Å²) >= 11 is 0. The first-order chi connectivity index (χ1) is 1.41. The van der Waals surface area contributed by atoms with E-state index in [-0.39, 0.29) is 25.9 Å². The molecule has 0 aromatic heterocycles. The van der Waals surface area contributed by atoms with Crippen LogP contribution in [-0.2, 0) is 13.5 Å². The van der Waals surface area contributed by atoms with Crippen LogP contribution in [0, 0.1) is 0 Å². The van der Waals surface area contributed by atoms with Crippen LogP contribution in [0.5, 0.6) is 0 Å². The fourth-order valence-corrected chi connectivity index (χ4v) is 0. The van der Waals surface area contributed by atoms with Crippen LogP contribution in [0.3, 0.4) is 0 Å². The Bertz CT molecular complexity index is 6.85. The van der Waals surface area contributed by atoms with Crippen molar-refractivity contribution in [2.45, 2.75) is 20.3 Å². The van der Waals surface area contributed by atoms with Crippen LogP contribution in [0.1, 0.15) is 20.3 Å². The summed E-state index contributed by atoms with van der Waals surface area (Å²) in [5.41, 5.74) is 0. The van der Waals surface area contributed by atoms with Crippen molar-refractivity contribution in [2.24, 2.45) is 0 Å². The summed E-state index contributed by atoms with van der Waals surface area (Å²) in [5.74, 6) is 0. The minimum Gasteiger partial charge on any atom is -1.00 e. The van der Waals surface area contributed by atoms with Gasteiger partial charge in [-0.05, 0) is 0 Å². The molecule has 0 saturated heterocycles. The van der Waals surface area contributed by atoms with Gasteiger partial charge in [-0.2, -0.15) is 0 Å². The molecule has 2 heteroatoms. The van der Waals surface area contributed by atoms with E-state index in [1.807, 2.05) is 0 Å². The summed E-state index contributed by atoms with van der Waals surface area (Å²) < 4.78 is 0. The average molecular weight is 115 g/mol. The molecule has 0 aliphatic rings. The molecular formula is C3H11ClS. The van der Waals surface area contributed by atoms with Crippen LogP contribution < -0.4 is 12.4 Å². The monoisotopic (exact) mass is 114 g/mol. The highest BCUT2D eigenvalue weighted by molar-refractivity contribution is 7.37. The van der Waals surface area contributed by atoms with Crippen molar-refractivity contribution in [3.63, 3.8) is 0 Å². The predicted octanol–water partition coefficient (Wildman–Crippen LogP) is -2.39. The second kappa shape index (κ2) is 22.9. The molecule has 0 nitrogen and oxygen atoms in total. The molecule has 0 aliphatic heterocycles. The first kappa shape index (κ1) is 17.4. The lowest BCUT2D eigenvalue weighted by Crippen LogP contribution is -3.00. The van der Waals surface area contributed by atoms with E-state index in [1.165, 1.54) is 6.42 Å². The van der Waals surface area contributed by atoms with Gasteiger partial charge >= 0.3 is 0 Å². The van der Waals surface area contributed by atoms with Crippen LogP contribution in [-0.4, -0.2) is 0 Å². The highest BCUT2D eigenvalue weighted by Crippen LogP contribution is 1.56. The van der Waals surface area contributed by atoms with Crippen LogP contribution in [0.25, 0.3) is 0 Å². The van der Waals surface area contributed by atoms with E-state index >= 15 is 0 Å². The van der Waals surface area contributed by atoms with Gasteiger partial charge in [-0.3, -0.25) is 0 Å². The SMILES string of the molecule is CCC.[Cl-].[SH3+]. The Kier molecular flexibility index (Phi) is 79.6. The quantitative estimate of drug-likeness (QED) is 0.309. The minimum atomic E-state index is 0. The van der Waals surface area contributed by atoms with E-state index in [4.69, 9.17) is 0 Å². The van der Waals surface area contributed by atoms with Gasteiger partial charge in [0.2, 0.25) is 0 Å². The molecule has 0 saturated carbocycles. The average Bonchev–Trinajstić information content (AvgIpc) is 0.918. The Morgan fingerprint density at radius 3 is 1.20 bits per heavy atom. The molecule has 0 bridgehead atoms. The summed E-state index contributed by atoms with van der Waals surface area (Å²) in [4.78, 5) is 0. The fourth-order valence-electron chi connectivity index (χ4n) is 0. The summed E-state index contributed by atoms with van der Waals surface area (Å²) in [6.07, 6.45) is 1.25. The van der Waals surface area contributed by atoms with E-state index in [9.17, 15) is 0 Å². The lowest BCUT2D eigenvalue weighted by atomic mass is 10.6. The molecule has 0 spiro atoms. The molecule has 36 valence electrons. The topological polar surface area (TPSA) is 0 Å². The molecule has 0 aliphatic carbocycles. The van der Waals surface area contributed by atoms with Gasteiger partial charge in [0, 0.05) is 0 Å². The maximum atomic E-state index is 2.12. The van der Waals surface area contributed by atoms with Gasteiger partial charge in [0.15, 0.2) is 0 Å². The number of hydrogen-bond donors (Lipinski definition) is 0. The molecule has 0 rings (SSSR count).